The van der Waals surface area contributed by atoms with Crippen LogP contribution in [0, 0.1) is 29.5 Å². The zero-order chi connectivity index (χ0) is 27.5. The number of nitrogens with two attached hydrogens (primary N) is 1. The molecule has 1 aromatic heterocycles. The van der Waals surface area contributed by atoms with Gasteiger partial charge in [0.1, 0.15) is 11.6 Å². The molecule has 0 aliphatic rings. The van der Waals surface area contributed by atoms with E-state index in [0.717, 1.165) is 30.3 Å². The zero-order valence-corrected chi connectivity index (χ0v) is 19.6. The van der Waals surface area contributed by atoms with Crippen molar-refractivity contribution in [3.8, 4) is 17.6 Å². The molecule has 1 amide bonds. The van der Waals surface area contributed by atoms with E-state index in [-0.39, 0.29) is 27.5 Å². The lowest BCUT2D eigenvalue weighted by molar-refractivity contribution is -0.142. The molecule has 3 aromatic rings. The summed E-state index contributed by atoms with van der Waals surface area (Å²) in [5.74, 6) is -3.03. The van der Waals surface area contributed by atoms with Gasteiger partial charge in [0.2, 0.25) is 11.7 Å². The van der Waals surface area contributed by atoms with Gasteiger partial charge in [-0.1, -0.05) is 17.7 Å². The van der Waals surface area contributed by atoms with E-state index in [9.17, 15) is 27.2 Å². The van der Waals surface area contributed by atoms with Crippen molar-refractivity contribution in [1.82, 2.24) is 9.55 Å². The lowest BCUT2D eigenvalue weighted by Crippen LogP contribution is -2.28. The van der Waals surface area contributed by atoms with Gasteiger partial charge in [-0.2, -0.15) is 18.4 Å². The van der Waals surface area contributed by atoms with Crippen molar-refractivity contribution in [3.05, 3.63) is 92.4 Å². The molecule has 0 unspecified atom stereocenters. The summed E-state index contributed by atoms with van der Waals surface area (Å²) in [6.45, 7) is 0.899. The summed E-state index contributed by atoms with van der Waals surface area (Å²) < 4.78 is 60.0. The average molecular weight is 534 g/mol. The summed E-state index contributed by atoms with van der Waals surface area (Å²) in [5, 5.41) is 17.2. The number of allylic oxidation sites excluding steroid dienone is 1. The molecule has 1 heterocycles. The lowest BCUT2D eigenvalue weighted by Gasteiger charge is -2.15. The number of aryl methyl sites for hydroxylation is 1. The third-order valence-electron chi connectivity index (χ3n) is 4.89. The Kier molecular flexibility index (Phi) is 7.78. The van der Waals surface area contributed by atoms with Crippen molar-refractivity contribution < 1.29 is 27.1 Å². The van der Waals surface area contributed by atoms with Gasteiger partial charge in [-0.25, -0.2) is 9.37 Å². The quantitative estimate of drug-likeness (QED) is 0.260. The van der Waals surface area contributed by atoms with Crippen LogP contribution in [0.2, 0.25) is 5.02 Å². The number of nitrogens with zero attached hydrogens (tertiary/aromatic N) is 3. The fourth-order valence-corrected chi connectivity index (χ4v) is 3.52. The maximum absolute atomic E-state index is 13.6. The molecule has 37 heavy (non-hydrogen) atoms. The molecule has 3 rings (SSSR count). The number of hydrogen-bond acceptors (Lipinski definition) is 6. The van der Waals surface area contributed by atoms with Crippen LogP contribution in [-0.4, -0.2) is 21.2 Å². The summed E-state index contributed by atoms with van der Waals surface area (Å²) in [4.78, 5) is 28.2. The maximum atomic E-state index is 13.6. The van der Waals surface area contributed by atoms with Gasteiger partial charge in [-0.05, 0) is 54.5 Å². The van der Waals surface area contributed by atoms with Gasteiger partial charge in [0.15, 0.2) is 5.69 Å². The maximum Gasteiger partial charge on any atom is 0.437 e. The van der Waals surface area contributed by atoms with Crippen LogP contribution in [0.15, 0.2) is 53.6 Å². The second-order valence-corrected chi connectivity index (χ2v) is 8.09. The van der Waals surface area contributed by atoms with Crippen LogP contribution in [0.1, 0.15) is 22.4 Å². The molecule has 0 fully saturated rings. The van der Waals surface area contributed by atoms with E-state index >= 15 is 0 Å². The summed E-state index contributed by atoms with van der Waals surface area (Å²) in [5.41, 5.74) is 2.46. The van der Waals surface area contributed by atoms with Gasteiger partial charge < -0.3 is 15.9 Å². The van der Waals surface area contributed by atoms with Crippen LogP contribution in [0.5, 0.6) is 11.5 Å². The van der Waals surface area contributed by atoms with E-state index in [4.69, 9.17) is 32.7 Å². The summed E-state index contributed by atoms with van der Waals surface area (Å²) in [6, 6.07) is 8.71. The van der Waals surface area contributed by atoms with E-state index in [0.29, 0.717) is 16.5 Å². The van der Waals surface area contributed by atoms with Crippen molar-refractivity contribution in [3.63, 3.8) is 0 Å². The Morgan fingerprint density at radius 1 is 1.30 bits per heavy atom. The third-order valence-corrected chi connectivity index (χ3v) is 5.11. The first kappa shape index (κ1) is 27.1. The molecule has 0 spiro atoms. The predicted octanol–water partition coefficient (Wildman–Crippen LogP) is 4.62. The first-order valence-electron chi connectivity index (χ1n) is 10.2. The minimum absolute atomic E-state index is 0.0196. The highest BCUT2D eigenvalue weighted by Crippen LogP contribution is 2.35. The van der Waals surface area contributed by atoms with Crippen molar-refractivity contribution in [2.75, 3.05) is 0 Å². The Bertz CT molecular complexity index is 1540. The molecule has 0 saturated heterocycles. The standard InChI is InChI=1S/C24H16ClF4N5O3/c1-12-4-15(26)2-3-18(12)19(22(32)35)8-16(31)10-34-11-33-21(24(27,28)29)20(23(34)36)37-17-6-13(9-30)5-14(25)7-17/h2-8,11,31H,10H2,1H3,(H2,32,35)/b19-8-,31-16?. The molecule has 0 atom stereocenters. The summed E-state index contributed by atoms with van der Waals surface area (Å²) in [6.07, 6.45) is -3.48. The number of carbonyl (C=O) groups is 1. The van der Waals surface area contributed by atoms with Crippen molar-refractivity contribution in [2.45, 2.75) is 19.6 Å². The van der Waals surface area contributed by atoms with E-state index < -0.39 is 47.2 Å². The van der Waals surface area contributed by atoms with E-state index in [1.165, 1.54) is 19.1 Å². The van der Waals surface area contributed by atoms with Gasteiger partial charge in [0.25, 0.3) is 5.56 Å². The first-order valence-corrected chi connectivity index (χ1v) is 10.6. The fraction of sp³-hybridized carbons (Fsp3) is 0.125. The zero-order valence-electron chi connectivity index (χ0n) is 18.9. The molecule has 8 nitrogen and oxygen atoms in total. The molecule has 0 aliphatic heterocycles. The molecule has 0 aliphatic carbocycles. The second-order valence-electron chi connectivity index (χ2n) is 7.65. The van der Waals surface area contributed by atoms with Crippen LogP contribution >= 0.6 is 11.6 Å². The molecule has 2 aromatic carbocycles. The fourth-order valence-electron chi connectivity index (χ4n) is 3.30. The third kappa shape index (κ3) is 6.39. The van der Waals surface area contributed by atoms with Crippen molar-refractivity contribution in [1.29, 1.82) is 10.7 Å². The number of ether oxygens (including phenoxy) is 1. The number of primary amides is 1. The van der Waals surface area contributed by atoms with Crippen LogP contribution < -0.4 is 16.0 Å². The number of nitrogens with one attached hydrogen (secondary N) is 1. The SMILES string of the molecule is Cc1cc(F)ccc1/C(=C/C(=N)Cn1cnc(C(F)(F)F)c(Oc2cc(Cl)cc(C#N)c2)c1=O)C(N)=O. The topological polar surface area (TPSA) is 135 Å². The van der Waals surface area contributed by atoms with Crippen molar-refractivity contribution >= 4 is 28.8 Å². The van der Waals surface area contributed by atoms with Gasteiger partial charge >= 0.3 is 6.18 Å². The first-order chi connectivity index (χ1) is 17.3. The highest BCUT2D eigenvalue weighted by molar-refractivity contribution is 6.30. The number of benzene rings is 2. The summed E-state index contributed by atoms with van der Waals surface area (Å²) >= 11 is 5.86. The van der Waals surface area contributed by atoms with E-state index in [1.807, 2.05) is 0 Å². The molecular formula is C24H16ClF4N5O3. The van der Waals surface area contributed by atoms with Gasteiger partial charge in [-0.15, -0.1) is 0 Å². The predicted molar refractivity (Wildman–Crippen MR) is 126 cm³/mol. The Hall–Kier alpha value is -4.50. The highest BCUT2D eigenvalue weighted by Gasteiger charge is 2.38. The van der Waals surface area contributed by atoms with Gasteiger partial charge in [0, 0.05) is 10.6 Å². The molecule has 0 radical (unpaired) electrons. The Morgan fingerprint density at radius 2 is 2.00 bits per heavy atom. The number of nitriles is 1. The largest absolute Gasteiger partial charge is 0.449 e. The minimum atomic E-state index is -5.07. The highest BCUT2D eigenvalue weighted by atomic mass is 35.5. The Labute approximate surface area is 211 Å². The van der Waals surface area contributed by atoms with E-state index in [1.54, 1.807) is 6.07 Å². The number of halogens is 5. The molecule has 13 heteroatoms. The number of alkyl halides is 3. The molecule has 3 N–H and O–H groups in total. The molecular weight excluding hydrogens is 518 g/mol. The minimum Gasteiger partial charge on any atom is -0.449 e. The average Bonchev–Trinajstić information content (AvgIpc) is 2.79. The number of hydrogen-bond donors (Lipinski definition) is 2. The Morgan fingerprint density at radius 3 is 2.59 bits per heavy atom. The second kappa shape index (κ2) is 10.6. The van der Waals surface area contributed by atoms with Gasteiger partial charge in [-0.3, -0.25) is 14.2 Å². The lowest BCUT2D eigenvalue weighted by atomic mass is 9.98. The van der Waals surface area contributed by atoms with Crippen molar-refractivity contribution in [2.24, 2.45) is 5.73 Å². The normalized spacial score (nSPS) is 11.6. The smallest absolute Gasteiger partial charge is 0.437 e. The summed E-state index contributed by atoms with van der Waals surface area (Å²) in [7, 11) is 0. The molecule has 190 valence electrons. The molecule has 0 saturated carbocycles. The van der Waals surface area contributed by atoms with E-state index in [2.05, 4.69) is 4.98 Å². The van der Waals surface area contributed by atoms with Crippen LogP contribution in [-0.2, 0) is 17.5 Å². The number of amides is 1. The number of rotatable bonds is 7. The monoisotopic (exact) mass is 533 g/mol. The van der Waals surface area contributed by atoms with Crippen LogP contribution in [0.25, 0.3) is 5.57 Å². The van der Waals surface area contributed by atoms with Crippen LogP contribution in [0.4, 0.5) is 17.6 Å². The molecule has 0 bridgehead atoms. The van der Waals surface area contributed by atoms with Crippen LogP contribution in [0.3, 0.4) is 0 Å². The number of aromatic nitrogens is 2. The Balaban J connectivity index is 2.04. The van der Waals surface area contributed by atoms with Gasteiger partial charge in [0.05, 0.1) is 30.2 Å². The number of carbonyl (C=O) groups excluding carboxylic acids is 1.